The number of anilines is 1. The zero-order valence-electron chi connectivity index (χ0n) is 8.61. The van der Waals surface area contributed by atoms with Crippen LogP contribution in [0.1, 0.15) is 18.9 Å². The van der Waals surface area contributed by atoms with Crippen molar-refractivity contribution in [2.75, 3.05) is 18.0 Å². The minimum atomic E-state index is 0.140. The lowest BCUT2D eigenvalue weighted by atomic mass is 10.1. The van der Waals surface area contributed by atoms with Crippen LogP contribution in [-0.2, 0) is 6.61 Å². The van der Waals surface area contributed by atoms with Gasteiger partial charge >= 0.3 is 0 Å². The van der Waals surface area contributed by atoms with E-state index in [0.717, 1.165) is 24.6 Å². The second-order valence-electron chi connectivity index (χ2n) is 4.13. The third kappa shape index (κ3) is 1.75. The van der Waals surface area contributed by atoms with Gasteiger partial charge < -0.3 is 10.0 Å². The Kier molecular flexibility index (Phi) is 2.73. The van der Waals surface area contributed by atoms with Gasteiger partial charge in [0.1, 0.15) is 0 Å². The molecule has 1 heterocycles. The Morgan fingerprint density at radius 2 is 2.21 bits per heavy atom. The molecule has 0 amide bonds. The molecule has 0 radical (unpaired) electrons. The monoisotopic (exact) mass is 191 g/mol. The second kappa shape index (κ2) is 4.01. The lowest BCUT2D eigenvalue weighted by molar-refractivity contribution is 0.282. The Hall–Kier alpha value is -1.02. The molecule has 1 saturated heterocycles. The first-order chi connectivity index (χ1) is 6.81. The topological polar surface area (TPSA) is 23.5 Å². The van der Waals surface area contributed by atoms with E-state index < -0.39 is 0 Å². The van der Waals surface area contributed by atoms with Crippen LogP contribution in [0.3, 0.4) is 0 Å². The van der Waals surface area contributed by atoms with E-state index in [9.17, 15) is 5.11 Å². The summed E-state index contributed by atoms with van der Waals surface area (Å²) in [5.41, 5.74) is 2.25. The van der Waals surface area contributed by atoms with Gasteiger partial charge in [-0.2, -0.15) is 0 Å². The normalized spacial score (nSPS) is 21.6. The van der Waals surface area contributed by atoms with E-state index in [-0.39, 0.29) is 6.61 Å². The fourth-order valence-electron chi connectivity index (χ4n) is 2.11. The summed E-state index contributed by atoms with van der Waals surface area (Å²) in [5.74, 6) is 0.779. The van der Waals surface area contributed by atoms with Crippen molar-refractivity contribution in [3.63, 3.8) is 0 Å². The Morgan fingerprint density at radius 3 is 2.86 bits per heavy atom. The highest BCUT2D eigenvalue weighted by Crippen LogP contribution is 2.26. The van der Waals surface area contributed by atoms with Crippen LogP contribution in [0.2, 0.25) is 0 Å². The van der Waals surface area contributed by atoms with E-state index >= 15 is 0 Å². The lowest BCUT2D eigenvalue weighted by Gasteiger charge is -2.20. The van der Waals surface area contributed by atoms with Crippen molar-refractivity contribution in [1.82, 2.24) is 0 Å². The number of hydrogen-bond acceptors (Lipinski definition) is 2. The number of rotatable bonds is 2. The smallest absolute Gasteiger partial charge is 0.0702 e. The first-order valence-electron chi connectivity index (χ1n) is 5.25. The summed E-state index contributed by atoms with van der Waals surface area (Å²) >= 11 is 0. The van der Waals surface area contributed by atoms with Crippen LogP contribution in [-0.4, -0.2) is 18.2 Å². The molecule has 2 nitrogen and oxygen atoms in total. The molecule has 1 atom stereocenters. The maximum absolute atomic E-state index is 9.22. The van der Waals surface area contributed by atoms with E-state index in [1.54, 1.807) is 0 Å². The number of aliphatic hydroxyl groups is 1. The number of benzene rings is 1. The molecule has 1 aliphatic rings. The third-order valence-electron chi connectivity index (χ3n) is 2.93. The molecule has 1 fully saturated rings. The molecule has 2 heteroatoms. The Morgan fingerprint density at radius 1 is 1.43 bits per heavy atom. The van der Waals surface area contributed by atoms with Crippen LogP contribution in [0.5, 0.6) is 0 Å². The average molecular weight is 191 g/mol. The molecule has 0 saturated carbocycles. The molecule has 14 heavy (non-hydrogen) atoms. The van der Waals surface area contributed by atoms with E-state index in [1.807, 2.05) is 18.2 Å². The van der Waals surface area contributed by atoms with Crippen molar-refractivity contribution in [1.29, 1.82) is 0 Å². The first kappa shape index (κ1) is 9.53. The third-order valence-corrected chi connectivity index (χ3v) is 2.93. The van der Waals surface area contributed by atoms with Crippen molar-refractivity contribution >= 4 is 5.69 Å². The molecule has 1 aliphatic heterocycles. The van der Waals surface area contributed by atoms with Gasteiger partial charge in [0.05, 0.1) is 6.61 Å². The molecular weight excluding hydrogens is 174 g/mol. The summed E-state index contributed by atoms with van der Waals surface area (Å²) in [6.07, 6.45) is 1.26. The maximum atomic E-state index is 9.22. The highest BCUT2D eigenvalue weighted by atomic mass is 16.3. The van der Waals surface area contributed by atoms with E-state index in [1.165, 1.54) is 12.1 Å². The van der Waals surface area contributed by atoms with Gasteiger partial charge in [-0.25, -0.2) is 0 Å². The van der Waals surface area contributed by atoms with E-state index in [2.05, 4.69) is 17.9 Å². The largest absolute Gasteiger partial charge is 0.392 e. The summed E-state index contributed by atoms with van der Waals surface area (Å²) in [6, 6.07) is 8.12. The molecule has 1 aromatic rings. The van der Waals surface area contributed by atoms with Crippen molar-refractivity contribution in [2.24, 2.45) is 5.92 Å². The van der Waals surface area contributed by atoms with Gasteiger partial charge in [0, 0.05) is 24.3 Å². The molecular formula is C12H17NO. The van der Waals surface area contributed by atoms with Gasteiger partial charge in [0.2, 0.25) is 0 Å². The molecule has 2 rings (SSSR count). The van der Waals surface area contributed by atoms with Crippen LogP contribution in [0.25, 0.3) is 0 Å². The Labute approximate surface area is 85.2 Å². The fraction of sp³-hybridized carbons (Fsp3) is 0.500. The number of aliphatic hydroxyl groups excluding tert-OH is 1. The lowest BCUT2D eigenvalue weighted by Crippen LogP contribution is -2.20. The summed E-state index contributed by atoms with van der Waals surface area (Å²) in [4.78, 5) is 2.37. The van der Waals surface area contributed by atoms with Crippen molar-refractivity contribution in [2.45, 2.75) is 20.0 Å². The van der Waals surface area contributed by atoms with Gasteiger partial charge in [-0.15, -0.1) is 0 Å². The SMILES string of the molecule is CC1CCN(c2ccccc2CO)C1. The summed E-state index contributed by atoms with van der Waals surface area (Å²) in [6.45, 7) is 4.66. The minimum absolute atomic E-state index is 0.140. The van der Waals surface area contributed by atoms with E-state index in [0.29, 0.717) is 0 Å². The van der Waals surface area contributed by atoms with Crippen LogP contribution >= 0.6 is 0 Å². The molecule has 1 N–H and O–H groups in total. The zero-order valence-corrected chi connectivity index (χ0v) is 8.61. The fourth-order valence-corrected chi connectivity index (χ4v) is 2.11. The molecule has 0 spiro atoms. The number of nitrogens with zero attached hydrogens (tertiary/aromatic N) is 1. The second-order valence-corrected chi connectivity index (χ2v) is 4.13. The Bertz CT molecular complexity index is 311. The number of hydrogen-bond donors (Lipinski definition) is 1. The summed E-state index contributed by atoms with van der Waals surface area (Å²) in [7, 11) is 0. The van der Waals surface area contributed by atoms with Gasteiger partial charge in [-0.05, 0) is 18.4 Å². The standard InChI is InChI=1S/C12H17NO/c1-10-6-7-13(8-10)12-5-3-2-4-11(12)9-14/h2-5,10,14H,6-9H2,1H3. The van der Waals surface area contributed by atoms with Crippen LogP contribution in [0, 0.1) is 5.92 Å². The highest BCUT2D eigenvalue weighted by molar-refractivity contribution is 5.54. The molecule has 0 aromatic heterocycles. The summed E-state index contributed by atoms with van der Waals surface area (Å²) in [5, 5.41) is 9.22. The summed E-state index contributed by atoms with van der Waals surface area (Å²) < 4.78 is 0. The van der Waals surface area contributed by atoms with Crippen molar-refractivity contribution in [3.05, 3.63) is 29.8 Å². The molecule has 1 unspecified atom stereocenters. The van der Waals surface area contributed by atoms with Gasteiger partial charge in [0.15, 0.2) is 0 Å². The van der Waals surface area contributed by atoms with Crippen LogP contribution in [0.15, 0.2) is 24.3 Å². The van der Waals surface area contributed by atoms with Crippen LogP contribution in [0.4, 0.5) is 5.69 Å². The molecule has 1 aromatic carbocycles. The first-order valence-corrected chi connectivity index (χ1v) is 5.25. The zero-order chi connectivity index (χ0) is 9.97. The van der Waals surface area contributed by atoms with E-state index in [4.69, 9.17) is 0 Å². The quantitative estimate of drug-likeness (QED) is 0.773. The highest BCUT2D eigenvalue weighted by Gasteiger charge is 2.20. The molecule has 0 aliphatic carbocycles. The molecule has 0 bridgehead atoms. The molecule has 76 valence electrons. The number of para-hydroxylation sites is 1. The predicted octanol–water partition coefficient (Wildman–Crippen LogP) is 2.03. The predicted molar refractivity (Wildman–Crippen MR) is 58.4 cm³/mol. The van der Waals surface area contributed by atoms with Gasteiger partial charge in [-0.1, -0.05) is 25.1 Å². The minimum Gasteiger partial charge on any atom is -0.392 e. The average Bonchev–Trinajstić information content (AvgIpc) is 2.65. The maximum Gasteiger partial charge on any atom is 0.0702 e. The Balaban J connectivity index is 2.22. The van der Waals surface area contributed by atoms with Crippen molar-refractivity contribution in [3.8, 4) is 0 Å². The van der Waals surface area contributed by atoms with Gasteiger partial charge in [-0.3, -0.25) is 0 Å². The van der Waals surface area contributed by atoms with Gasteiger partial charge in [0.25, 0.3) is 0 Å². The van der Waals surface area contributed by atoms with Crippen LogP contribution < -0.4 is 4.90 Å². The van der Waals surface area contributed by atoms with Crippen molar-refractivity contribution < 1.29 is 5.11 Å².